The minimum absolute atomic E-state index is 0.0769. The summed E-state index contributed by atoms with van der Waals surface area (Å²) in [5, 5.41) is 9.46. The SMILES string of the molecule is COc1cc(/C=C/CC(=O)c2ccco2)ccc1O. The fourth-order valence-corrected chi connectivity index (χ4v) is 1.64. The molecule has 4 nitrogen and oxygen atoms in total. The summed E-state index contributed by atoms with van der Waals surface area (Å²) in [6.07, 6.45) is 5.28. The Morgan fingerprint density at radius 2 is 2.26 bits per heavy atom. The number of aromatic hydroxyl groups is 1. The summed E-state index contributed by atoms with van der Waals surface area (Å²) in [7, 11) is 1.49. The number of hydrogen-bond acceptors (Lipinski definition) is 4. The normalized spacial score (nSPS) is 10.8. The largest absolute Gasteiger partial charge is 0.504 e. The predicted molar refractivity (Wildman–Crippen MR) is 71.3 cm³/mol. The van der Waals surface area contributed by atoms with Gasteiger partial charge in [0.25, 0.3) is 0 Å². The summed E-state index contributed by atoms with van der Waals surface area (Å²) >= 11 is 0. The summed E-state index contributed by atoms with van der Waals surface area (Å²) in [6.45, 7) is 0. The first-order valence-electron chi connectivity index (χ1n) is 5.81. The lowest BCUT2D eigenvalue weighted by molar-refractivity contribution is 0.0969. The molecule has 0 amide bonds. The van der Waals surface area contributed by atoms with Gasteiger partial charge >= 0.3 is 0 Å². The summed E-state index contributed by atoms with van der Waals surface area (Å²) in [5.74, 6) is 0.769. The number of phenolic OH excluding ortho intramolecular Hbond substituents is 1. The van der Waals surface area contributed by atoms with Crippen LogP contribution >= 0.6 is 0 Å². The number of phenols is 1. The van der Waals surface area contributed by atoms with Crippen LogP contribution in [0.2, 0.25) is 0 Å². The molecule has 1 aromatic heterocycles. The molecule has 0 aliphatic carbocycles. The average Bonchev–Trinajstić information content (AvgIpc) is 2.94. The van der Waals surface area contributed by atoms with Gasteiger partial charge in [0.15, 0.2) is 17.3 Å². The summed E-state index contributed by atoms with van der Waals surface area (Å²) in [6, 6.07) is 8.31. The zero-order valence-corrected chi connectivity index (χ0v) is 10.5. The van der Waals surface area contributed by atoms with Gasteiger partial charge in [0, 0.05) is 6.42 Å². The van der Waals surface area contributed by atoms with Gasteiger partial charge in [-0.1, -0.05) is 18.2 Å². The fourth-order valence-electron chi connectivity index (χ4n) is 1.64. The molecule has 0 bridgehead atoms. The standard InChI is InChI=1S/C15H14O4/c1-18-15-10-11(7-8-13(15)17)4-2-5-12(16)14-6-3-9-19-14/h2-4,6-10,17H,5H2,1H3/b4-2+. The van der Waals surface area contributed by atoms with Gasteiger partial charge < -0.3 is 14.3 Å². The highest BCUT2D eigenvalue weighted by Crippen LogP contribution is 2.26. The van der Waals surface area contributed by atoms with Gasteiger partial charge in [0.1, 0.15) is 0 Å². The molecule has 98 valence electrons. The van der Waals surface area contributed by atoms with Crippen LogP contribution in [0.15, 0.2) is 47.1 Å². The lowest BCUT2D eigenvalue weighted by atomic mass is 10.1. The first-order chi connectivity index (χ1) is 9.20. The highest BCUT2D eigenvalue weighted by atomic mass is 16.5. The van der Waals surface area contributed by atoms with E-state index in [1.165, 1.54) is 13.4 Å². The van der Waals surface area contributed by atoms with Crippen molar-refractivity contribution in [3.63, 3.8) is 0 Å². The Balaban J connectivity index is 2.01. The van der Waals surface area contributed by atoms with Crippen LogP contribution in [-0.2, 0) is 0 Å². The Hall–Kier alpha value is -2.49. The van der Waals surface area contributed by atoms with Gasteiger partial charge in [-0.25, -0.2) is 0 Å². The van der Waals surface area contributed by atoms with Crippen LogP contribution in [0.25, 0.3) is 6.08 Å². The number of ether oxygens (including phenoxy) is 1. The number of furan rings is 1. The Bertz CT molecular complexity index is 582. The van der Waals surface area contributed by atoms with Crippen LogP contribution in [0.3, 0.4) is 0 Å². The summed E-state index contributed by atoms with van der Waals surface area (Å²) in [4.78, 5) is 11.7. The Labute approximate surface area is 110 Å². The van der Waals surface area contributed by atoms with Gasteiger partial charge in [0.05, 0.1) is 13.4 Å². The third-order valence-corrected chi connectivity index (χ3v) is 2.61. The van der Waals surface area contributed by atoms with Gasteiger partial charge in [0.2, 0.25) is 5.78 Å². The number of Topliss-reactive ketones (excluding diaryl/α,β-unsaturated/α-hetero) is 1. The van der Waals surface area contributed by atoms with Crippen molar-refractivity contribution in [3.8, 4) is 11.5 Å². The molecule has 0 unspecified atom stereocenters. The molecule has 0 spiro atoms. The molecule has 0 saturated heterocycles. The second-order valence-corrected chi connectivity index (χ2v) is 3.94. The fraction of sp³-hybridized carbons (Fsp3) is 0.133. The van der Waals surface area contributed by atoms with Crippen LogP contribution < -0.4 is 4.74 Å². The van der Waals surface area contributed by atoms with Crippen molar-refractivity contribution in [1.82, 2.24) is 0 Å². The lowest BCUT2D eigenvalue weighted by Gasteiger charge is -2.03. The molecule has 0 saturated carbocycles. The predicted octanol–water partition coefficient (Wildman–Crippen LogP) is 3.28. The van der Waals surface area contributed by atoms with Crippen LogP contribution in [-0.4, -0.2) is 18.0 Å². The second kappa shape index (κ2) is 5.91. The van der Waals surface area contributed by atoms with Crippen molar-refractivity contribution in [2.24, 2.45) is 0 Å². The molecule has 1 N–H and O–H groups in total. The van der Waals surface area contributed by atoms with Crippen LogP contribution in [0.4, 0.5) is 0 Å². The van der Waals surface area contributed by atoms with E-state index in [9.17, 15) is 9.90 Å². The van der Waals surface area contributed by atoms with E-state index in [1.807, 2.05) is 0 Å². The van der Waals surface area contributed by atoms with E-state index in [1.54, 1.807) is 42.5 Å². The van der Waals surface area contributed by atoms with Crippen molar-refractivity contribution in [3.05, 3.63) is 54.0 Å². The van der Waals surface area contributed by atoms with Crippen molar-refractivity contribution in [2.45, 2.75) is 6.42 Å². The number of ketones is 1. The van der Waals surface area contributed by atoms with Crippen molar-refractivity contribution in [1.29, 1.82) is 0 Å². The number of carbonyl (C=O) groups is 1. The van der Waals surface area contributed by atoms with E-state index in [2.05, 4.69) is 0 Å². The second-order valence-electron chi connectivity index (χ2n) is 3.94. The number of allylic oxidation sites excluding steroid dienone is 1. The third-order valence-electron chi connectivity index (χ3n) is 2.61. The quantitative estimate of drug-likeness (QED) is 0.836. The van der Waals surface area contributed by atoms with Crippen LogP contribution in [0, 0.1) is 0 Å². The van der Waals surface area contributed by atoms with Gasteiger partial charge in [-0.2, -0.15) is 0 Å². The molecule has 0 radical (unpaired) electrons. The smallest absolute Gasteiger partial charge is 0.201 e. The lowest BCUT2D eigenvalue weighted by Crippen LogP contribution is -1.93. The van der Waals surface area contributed by atoms with Gasteiger partial charge in [-0.15, -0.1) is 0 Å². The van der Waals surface area contributed by atoms with Crippen LogP contribution in [0.5, 0.6) is 11.5 Å². The molecule has 4 heteroatoms. The highest BCUT2D eigenvalue weighted by molar-refractivity contribution is 5.94. The van der Waals surface area contributed by atoms with E-state index in [-0.39, 0.29) is 18.0 Å². The molecule has 19 heavy (non-hydrogen) atoms. The van der Waals surface area contributed by atoms with E-state index in [0.29, 0.717) is 11.5 Å². The monoisotopic (exact) mass is 258 g/mol. The Morgan fingerprint density at radius 3 is 2.95 bits per heavy atom. The number of methoxy groups -OCH3 is 1. The molecule has 1 aromatic carbocycles. The van der Waals surface area contributed by atoms with Crippen molar-refractivity contribution >= 4 is 11.9 Å². The molecular formula is C15H14O4. The molecule has 0 aliphatic rings. The maximum Gasteiger partial charge on any atom is 0.201 e. The number of carbonyl (C=O) groups excluding carboxylic acids is 1. The number of hydrogen-bond donors (Lipinski definition) is 1. The van der Waals surface area contributed by atoms with E-state index in [0.717, 1.165) is 5.56 Å². The van der Waals surface area contributed by atoms with Gasteiger partial charge in [-0.3, -0.25) is 4.79 Å². The maximum atomic E-state index is 11.7. The van der Waals surface area contributed by atoms with Crippen molar-refractivity contribution in [2.75, 3.05) is 7.11 Å². The van der Waals surface area contributed by atoms with E-state index < -0.39 is 0 Å². The van der Waals surface area contributed by atoms with E-state index in [4.69, 9.17) is 9.15 Å². The first kappa shape index (κ1) is 13.0. The Morgan fingerprint density at radius 1 is 1.42 bits per heavy atom. The van der Waals surface area contributed by atoms with Crippen molar-refractivity contribution < 1.29 is 19.1 Å². The zero-order valence-electron chi connectivity index (χ0n) is 10.5. The summed E-state index contributed by atoms with van der Waals surface area (Å²) < 4.78 is 10.0. The topological polar surface area (TPSA) is 59.7 Å². The van der Waals surface area contributed by atoms with Gasteiger partial charge in [-0.05, 0) is 29.8 Å². The number of benzene rings is 1. The maximum absolute atomic E-state index is 11.7. The third kappa shape index (κ3) is 3.25. The average molecular weight is 258 g/mol. The highest BCUT2D eigenvalue weighted by Gasteiger charge is 2.05. The number of rotatable bonds is 5. The van der Waals surface area contributed by atoms with Crippen LogP contribution in [0.1, 0.15) is 22.5 Å². The Kier molecular flexibility index (Phi) is 4.03. The molecule has 1 heterocycles. The minimum Gasteiger partial charge on any atom is -0.504 e. The molecule has 0 atom stereocenters. The molecule has 0 fully saturated rings. The summed E-state index contributed by atoms with van der Waals surface area (Å²) in [5.41, 5.74) is 0.849. The van der Waals surface area contributed by atoms with E-state index >= 15 is 0 Å². The molecular weight excluding hydrogens is 244 g/mol. The molecule has 2 rings (SSSR count). The minimum atomic E-state index is -0.0769. The molecule has 2 aromatic rings. The molecule has 0 aliphatic heterocycles. The first-order valence-corrected chi connectivity index (χ1v) is 5.81. The zero-order chi connectivity index (χ0) is 13.7.